The van der Waals surface area contributed by atoms with Crippen LogP contribution in [0.5, 0.6) is 0 Å². The molecule has 1 aliphatic rings. The van der Waals surface area contributed by atoms with Gasteiger partial charge in [0.05, 0.1) is 22.9 Å². The molecule has 0 saturated carbocycles. The third kappa shape index (κ3) is 4.38. The van der Waals surface area contributed by atoms with Gasteiger partial charge in [0, 0.05) is 24.8 Å². The largest absolute Gasteiger partial charge is 0.338 e. The zero-order valence-corrected chi connectivity index (χ0v) is 16.9. The molecule has 0 aliphatic carbocycles. The van der Waals surface area contributed by atoms with Gasteiger partial charge in [-0.25, -0.2) is 4.98 Å². The highest BCUT2D eigenvalue weighted by molar-refractivity contribution is 5.97. The predicted molar refractivity (Wildman–Crippen MR) is 116 cm³/mol. The van der Waals surface area contributed by atoms with Crippen LogP contribution >= 0.6 is 0 Å². The average Bonchev–Trinajstić information content (AvgIpc) is 2.80. The van der Waals surface area contributed by atoms with Crippen LogP contribution < -0.4 is 5.32 Å². The molecule has 2 amide bonds. The second-order valence-corrected chi connectivity index (χ2v) is 7.49. The van der Waals surface area contributed by atoms with E-state index in [1.807, 2.05) is 55.5 Å². The highest BCUT2D eigenvalue weighted by Gasteiger charge is 2.30. The molecule has 6 nitrogen and oxygen atoms in total. The van der Waals surface area contributed by atoms with E-state index in [2.05, 4.69) is 15.3 Å². The van der Waals surface area contributed by atoms with E-state index in [0.29, 0.717) is 30.2 Å². The van der Waals surface area contributed by atoms with Crippen LogP contribution in [-0.2, 0) is 4.79 Å². The Kier molecular flexibility index (Phi) is 5.84. The number of hydrogen-bond donors (Lipinski definition) is 1. The standard InChI is InChI=1S/C24H24N4O2/c1-17-20(12-13-21(26-17)18-8-3-2-4-9-18)24(30)28-15-7-10-19(16-28)23(29)27-22-11-5-6-14-25-22/h2-6,8-9,11-14,19H,7,10,15-16H2,1H3,(H,25,27,29)/t19-/m0/s1. The molecule has 6 heteroatoms. The van der Waals surface area contributed by atoms with Crippen molar-refractivity contribution in [2.45, 2.75) is 19.8 Å². The number of rotatable bonds is 4. The van der Waals surface area contributed by atoms with Crippen molar-refractivity contribution in [2.24, 2.45) is 5.92 Å². The van der Waals surface area contributed by atoms with Gasteiger partial charge in [-0.2, -0.15) is 0 Å². The van der Waals surface area contributed by atoms with Crippen LogP contribution in [0.15, 0.2) is 66.9 Å². The summed E-state index contributed by atoms with van der Waals surface area (Å²) in [5.41, 5.74) is 3.14. The molecule has 3 heterocycles. The van der Waals surface area contributed by atoms with Gasteiger partial charge >= 0.3 is 0 Å². The molecule has 1 aromatic carbocycles. The van der Waals surface area contributed by atoms with Gasteiger partial charge in [0.1, 0.15) is 5.82 Å². The van der Waals surface area contributed by atoms with Crippen LogP contribution in [0.1, 0.15) is 28.9 Å². The number of anilines is 1. The third-order valence-corrected chi connectivity index (χ3v) is 5.38. The fourth-order valence-corrected chi connectivity index (χ4v) is 3.77. The molecule has 3 aromatic rings. The SMILES string of the molecule is Cc1nc(-c2ccccc2)ccc1C(=O)N1CCC[C@H](C(=O)Nc2ccccn2)C1. The summed E-state index contributed by atoms with van der Waals surface area (Å²) in [5, 5.41) is 2.85. The van der Waals surface area contributed by atoms with E-state index in [1.54, 1.807) is 23.2 Å². The van der Waals surface area contributed by atoms with E-state index >= 15 is 0 Å². The maximum Gasteiger partial charge on any atom is 0.255 e. The van der Waals surface area contributed by atoms with Crippen molar-refractivity contribution in [1.82, 2.24) is 14.9 Å². The fourth-order valence-electron chi connectivity index (χ4n) is 3.77. The summed E-state index contributed by atoms with van der Waals surface area (Å²) in [7, 11) is 0. The number of carbonyl (C=O) groups is 2. The van der Waals surface area contributed by atoms with Crippen LogP contribution in [0, 0.1) is 12.8 Å². The van der Waals surface area contributed by atoms with E-state index in [-0.39, 0.29) is 17.7 Å². The van der Waals surface area contributed by atoms with E-state index in [4.69, 9.17) is 0 Å². The molecule has 0 unspecified atom stereocenters. The van der Waals surface area contributed by atoms with Crippen molar-refractivity contribution < 1.29 is 9.59 Å². The first kappa shape index (κ1) is 19.8. The van der Waals surface area contributed by atoms with Crippen LogP contribution in [-0.4, -0.2) is 39.8 Å². The van der Waals surface area contributed by atoms with Gasteiger partial charge in [0.15, 0.2) is 0 Å². The summed E-state index contributed by atoms with van der Waals surface area (Å²) in [6.45, 7) is 2.90. The quantitative estimate of drug-likeness (QED) is 0.720. The molecule has 1 saturated heterocycles. The van der Waals surface area contributed by atoms with E-state index in [0.717, 1.165) is 24.1 Å². The van der Waals surface area contributed by atoms with Crippen molar-refractivity contribution in [3.05, 3.63) is 78.1 Å². The zero-order chi connectivity index (χ0) is 20.9. The molecule has 2 aromatic heterocycles. The Morgan fingerprint density at radius 2 is 1.83 bits per heavy atom. The lowest BCUT2D eigenvalue weighted by molar-refractivity contribution is -0.121. The number of piperidine rings is 1. The topological polar surface area (TPSA) is 75.2 Å². The van der Waals surface area contributed by atoms with E-state index < -0.39 is 0 Å². The highest BCUT2D eigenvalue weighted by atomic mass is 16.2. The molecule has 152 valence electrons. The normalized spacial score (nSPS) is 16.2. The molecule has 1 N–H and O–H groups in total. The van der Waals surface area contributed by atoms with Crippen molar-refractivity contribution in [2.75, 3.05) is 18.4 Å². The van der Waals surface area contributed by atoms with Gasteiger partial charge in [-0.05, 0) is 44.0 Å². The monoisotopic (exact) mass is 400 g/mol. The number of benzene rings is 1. The van der Waals surface area contributed by atoms with Crippen LogP contribution in [0.25, 0.3) is 11.3 Å². The molecular formula is C24H24N4O2. The minimum Gasteiger partial charge on any atom is -0.338 e. The summed E-state index contributed by atoms with van der Waals surface area (Å²) in [4.78, 5) is 36.3. The first-order valence-corrected chi connectivity index (χ1v) is 10.2. The lowest BCUT2D eigenvalue weighted by Crippen LogP contribution is -2.44. The molecule has 4 rings (SSSR count). The fraction of sp³-hybridized carbons (Fsp3) is 0.250. The first-order chi connectivity index (χ1) is 14.6. The number of aryl methyl sites for hydroxylation is 1. The number of likely N-dealkylation sites (tertiary alicyclic amines) is 1. The molecule has 1 atom stereocenters. The average molecular weight is 400 g/mol. The van der Waals surface area contributed by atoms with Crippen LogP contribution in [0.3, 0.4) is 0 Å². The zero-order valence-electron chi connectivity index (χ0n) is 16.9. The Morgan fingerprint density at radius 1 is 1.03 bits per heavy atom. The van der Waals surface area contributed by atoms with Gasteiger partial charge < -0.3 is 10.2 Å². The van der Waals surface area contributed by atoms with Crippen molar-refractivity contribution in [3.8, 4) is 11.3 Å². The lowest BCUT2D eigenvalue weighted by atomic mass is 9.96. The predicted octanol–water partition coefficient (Wildman–Crippen LogP) is 3.94. The Bertz CT molecular complexity index is 1040. The van der Waals surface area contributed by atoms with Crippen LogP contribution in [0.4, 0.5) is 5.82 Å². The van der Waals surface area contributed by atoms with E-state index in [1.165, 1.54) is 0 Å². The smallest absolute Gasteiger partial charge is 0.255 e. The van der Waals surface area contributed by atoms with Gasteiger partial charge in [-0.15, -0.1) is 0 Å². The second-order valence-electron chi connectivity index (χ2n) is 7.49. The Morgan fingerprint density at radius 3 is 2.57 bits per heavy atom. The molecule has 1 aliphatic heterocycles. The van der Waals surface area contributed by atoms with Gasteiger partial charge in [0.25, 0.3) is 5.91 Å². The number of nitrogens with zero attached hydrogens (tertiary/aromatic N) is 3. The second kappa shape index (κ2) is 8.86. The minimum absolute atomic E-state index is 0.0741. The number of aromatic nitrogens is 2. The minimum atomic E-state index is -0.249. The summed E-state index contributed by atoms with van der Waals surface area (Å²) in [6.07, 6.45) is 3.19. The Balaban J connectivity index is 1.46. The van der Waals surface area contributed by atoms with Gasteiger partial charge in [-0.3, -0.25) is 14.6 Å². The summed E-state index contributed by atoms with van der Waals surface area (Å²) in [6, 6.07) is 19.0. The third-order valence-electron chi connectivity index (χ3n) is 5.38. The molecule has 1 fully saturated rings. The van der Waals surface area contributed by atoms with E-state index in [9.17, 15) is 9.59 Å². The molecular weight excluding hydrogens is 376 g/mol. The van der Waals surface area contributed by atoms with Crippen LogP contribution in [0.2, 0.25) is 0 Å². The molecule has 30 heavy (non-hydrogen) atoms. The number of hydrogen-bond acceptors (Lipinski definition) is 4. The van der Waals surface area contributed by atoms with Crippen molar-refractivity contribution in [3.63, 3.8) is 0 Å². The van der Waals surface area contributed by atoms with Gasteiger partial charge in [0.2, 0.25) is 5.91 Å². The summed E-state index contributed by atoms with van der Waals surface area (Å²) in [5.74, 6) is 0.111. The number of carbonyl (C=O) groups excluding carboxylic acids is 2. The van der Waals surface area contributed by atoms with Crippen molar-refractivity contribution >= 4 is 17.6 Å². The number of nitrogens with one attached hydrogen (secondary N) is 1. The molecule has 0 radical (unpaired) electrons. The van der Waals surface area contributed by atoms with Gasteiger partial charge in [-0.1, -0.05) is 36.4 Å². The maximum absolute atomic E-state index is 13.1. The Hall–Kier alpha value is -3.54. The number of amides is 2. The molecule has 0 spiro atoms. The Labute approximate surface area is 176 Å². The molecule has 0 bridgehead atoms. The lowest BCUT2D eigenvalue weighted by Gasteiger charge is -2.32. The number of pyridine rings is 2. The summed E-state index contributed by atoms with van der Waals surface area (Å²) < 4.78 is 0. The maximum atomic E-state index is 13.1. The highest BCUT2D eigenvalue weighted by Crippen LogP contribution is 2.23. The van der Waals surface area contributed by atoms with Crippen molar-refractivity contribution in [1.29, 1.82) is 0 Å². The summed E-state index contributed by atoms with van der Waals surface area (Å²) >= 11 is 0. The first-order valence-electron chi connectivity index (χ1n) is 10.2.